The fraction of sp³-hybridized carbons (Fsp3) is 0.333. The second kappa shape index (κ2) is 6.30. The fourth-order valence-electron chi connectivity index (χ4n) is 1.89. The Morgan fingerprint density at radius 1 is 1.29 bits per heavy atom. The van der Waals surface area contributed by atoms with Gasteiger partial charge < -0.3 is 19.1 Å². The monoisotopic (exact) mass is 291 g/mol. The number of carboxylic acids is 1. The Kier molecular flexibility index (Phi) is 4.47. The molecule has 2 rings (SSSR count). The van der Waals surface area contributed by atoms with E-state index in [-0.39, 0.29) is 12.2 Å². The Morgan fingerprint density at radius 3 is 2.62 bits per heavy atom. The number of carbonyl (C=O) groups is 1. The van der Waals surface area contributed by atoms with Crippen molar-refractivity contribution >= 4 is 5.97 Å². The average molecular weight is 291 g/mol. The van der Waals surface area contributed by atoms with Gasteiger partial charge in [-0.1, -0.05) is 5.16 Å². The second-order valence-electron chi connectivity index (χ2n) is 4.49. The molecule has 0 atom stereocenters. The van der Waals surface area contributed by atoms with Crippen molar-refractivity contribution in [3.05, 3.63) is 40.8 Å². The largest absolute Gasteiger partial charge is 0.490 e. The SMILES string of the molecule is CCOc1cc(C(=O)O)ccc1OCc1c(C)noc1C. The van der Waals surface area contributed by atoms with Crippen LogP contribution in [0.1, 0.15) is 34.3 Å². The van der Waals surface area contributed by atoms with Gasteiger partial charge in [0.2, 0.25) is 0 Å². The van der Waals surface area contributed by atoms with Crippen LogP contribution in [0, 0.1) is 13.8 Å². The lowest BCUT2D eigenvalue weighted by atomic mass is 10.2. The van der Waals surface area contributed by atoms with Crippen LogP contribution in [0.2, 0.25) is 0 Å². The minimum atomic E-state index is -1.01. The van der Waals surface area contributed by atoms with E-state index in [2.05, 4.69) is 5.16 Å². The summed E-state index contributed by atoms with van der Waals surface area (Å²) in [7, 11) is 0. The van der Waals surface area contributed by atoms with Crippen LogP contribution in [0.5, 0.6) is 11.5 Å². The highest BCUT2D eigenvalue weighted by Gasteiger charge is 2.13. The van der Waals surface area contributed by atoms with E-state index in [0.29, 0.717) is 23.9 Å². The summed E-state index contributed by atoms with van der Waals surface area (Å²) in [6.45, 7) is 6.19. The molecule has 0 spiro atoms. The first-order valence-corrected chi connectivity index (χ1v) is 6.57. The van der Waals surface area contributed by atoms with Crippen molar-refractivity contribution in [1.82, 2.24) is 5.16 Å². The molecule has 1 heterocycles. The first-order chi connectivity index (χ1) is 10.0. The number of benzene rings is 1. The summed E-state index contributed by atoms with van der Waals surface area (Å²) >= 11 is 0. The zero-order valence-corrected chi connectivity index (χ0v) is 12.2. The number of nitrogens with zero attached hydrogens (tertiary/aromatic N) is 1. The lowest BCUT2D eigenvalue weighted by Crippen LogP contribution is -2.03. The van der Waals surface area contributed by atoms with E-state index in [1.807, 2.05) is 20.8 Å². The highest BCUT2D eigenvalue weighted by molar-refractivity contribution is 5.88. The zero-order valence-electron chi connectivity index (χ0n) is 12.2. The lowest BCUT2D eigenvalue weighted by molar-refractivity contribution is 0.0696. The lowest BCUT2D eigenvalue weighted by Gasteiger charge is -2.12. The minimum absolute atomic E-state index is 0.156. The molecule has 0 amide bonds. The zero-order chi connectivity index (χ0) is 15.4. The molecular formula is C15H17NO5. The third-order valence-electron chi connectivity index (χ3n) is 3.04. The van der Waals surface area contributed by atoms with Crippen molar-refractivity contribution in [2.75, 3.05) is 6.61 Å². The summed E-state index contributed by atoms with van der Waals surface area (Å²) < 4.78 is 16.2. The molecule has 6 heteroatoms. The van der Waals surface area contributed by atoms with E-state index in [1.54, 1.807) is 6.07 Å². The maximum Gasteiger partial charge on any atom is 0.335 e. The van der Waals surface area contributed by atoms with Gasteiger partial charge >= 0.3 is 5.97 Å². The highest BCUT2D eigenvalue weighted by Crippen LogP contribution is 2.30. The molecule has 0 aliphatic heterocycles. The normalized spacial score (nSPS) is 10.4. The van der Waals surface area contributed by atoms with Gasteiger partial charge in [-0.25, -0.2) is 4.79 Å². The molecule has 6 nitrogen and oxygen atoms in total. The van der Waals surface area contributed by atoms with Crippen LogP contribution in [-0.2, 0) is 6.61 Å². The summed E-state index contributed by atoms with van der Waals surface area (Å²) in [5.41, 5.74) is 1.80. The van der Waals surface area contributed by atoms with Gasteiger partial charge in [0.1, 0.15) is 12.4 Å². The molecule has 1 N–H and O–H groups in total. The van der Waals surface area contributed by atoms with Crippen LogP contribution >= 0.6 is 0 Å². The van der Waals surface area contributed by atoms with Crippen LogP contribution in [0.4, 0.5) is 0 Å². The van der Waals surface area contributed by atoms with Crippen LogP contribution < -0.4 is 9.47 Å². The molecule has 0 fully saturated rings. The van der Waals surface area contributed by atoms with Gasteiger partial charge in [0.25, 0.3) is 0 Å². The topological polar surface area (TPSA) is 81.8 Å². The number of rotatable bonds is 6. The van der Waals surface area contributed by atoms with Crippen molar-refractivity contribution in [3.63, 3.8) is 0 Å². The van der Waals surface area contributed by atoms with Crippen molar-refractivity contribution < 1.29 is 23.9 Å². The Labute approximate surface area is 122 Å². The molecule has 0 aliphatic carbocycles. The Bertz CT molecular complexity index is 628. The van der Waals surface area contributed by atoms with Crippen LogP contribution in [0.25, 0.3) is 0 Å². The summed E-state index contributed by atoms with van der Waals surface area (Å²) in [6, 6.07) is 4.52. The van der Waals surface area contributed by atoms with Crippen molar-refractivity contribution in [3.8, 4) is 11.5 Å². The molecule has 0 bridgehead atoms. The van der Waals surface area contributed by atoms with Gasteiger partial charge in [0, 0.05) is 0 Å². The Hall–Kier alpha value is -2.50. The summed E-state index contributed by atoms with van der Waals surface area (Å²) in [5, 5.41) is 12.9. The van der Waals surface area contributed by atoms with Gasteiger partial charge in [-0.05, 0) is 39.0 Å². The molecule has 0 saturated carbocycles. The van der Waals surface area contributed by atoms with Crippen molar-refractivity contribution in [1.29, 1.82) is 0 Å². The molecule has 2 aromatic rings. The van der Waals surface area contributed by atoms with Gasteiger partial charge in [-0.3, -0.25) is 0 Å². The van der Waals surface area contributed by atoms with Gasteiger partial charge in [-0.2, -0.15) is 0 Å². The predicted molar refractivity (Wildman–Crippen MR) is 74.9 cm³/mol. The van der Waals surface area contributed by atoms with E-state index in [4.69, 9.17) is 19.1 Å². The maximum atomic E-state index is 11.0. The molecule has 0 aliphatic rings. The van der Waals surface area contributed by atoms with Gasteiger partial charge in [0.05, 0.1) is 23.4 Å². The van der Waals surface area contributed by atoms with Crippen LogP contribution in [0.3, 0.4) is 0 Å². The average Bonchev–Trinajstić information content (AvgIpc) is 2.77. The minimum Gasteiger partial charge on any atom is -0.490 e. The Morgan fingerprint density at radius 2 is 2.05 bits per heavy atom. The highest BCUT2D eigenvalue weighted by atomic mass is 16.5. The molecule has 1 aromatic carbocycles. The van der Waals surface area contributed by atoms with Crippen LogP contribution in [0.15, 0.2) is 22.7 Å². The summed E-state index contributed by atoms with van der Waals surface area (Å²) in [6.07, 6.45) is 0. The predicted octanol–water partition coefficient (Wildman–Crippen LogP) is 2.97. The number of hydrogen-bond acceptors (Lipinski definition) is 5. The standard InChI is InChI=1S/C15H17NO5/c1-4-19-14-7-11(15(17)18)5-6-13(14)20-8-12-9(2)16-21-10(12)3/h5-7H,4,8H2,1-3H3,(H,17,18). The number of carboxylic acid groups (broad SMARTS) is 1. The number of aromatic carboxylic acids is 1. The first kappa shape index (κ1) is 14.9. The van der Waals surface area contributed by atoms with Crippen molar-refractivity contribution in [2.45, 2.75) is 27.4 Å². The van der Waals surface area contributed by atoms with Crippen molar-refractivity contribution in [2.24, 2.45) is 0 Å². The number of ether oxygens (including phenoxy) is 2. The molecule has 1 aromatic heterocycles. The van der Waals surface area contributed by atoms with Gasteiger partial charge in [0.15, 0.2) is 11.5 Å². The first-order valence-electron chi connectivity index (χ1n) is 6.57. The van der Waals surface area contributed by atoms with Crippen LogP contribution in [-0.4, -0.2) is 22.8 Å². The van der Waals surface area contributed by atoms with E-state index in [1.165, 1.54) is 12.1 Å². The second-order valence-corrected chi connectivity index (χ2v) is 4.49. The summed E-state index contributed by atoms with van der Waals surface area (Å²) in [5.74, 6) is 0.590. The number of aromatic nitrogens is 1. The third kappa shape index (κ3) is 3.34. The number of aryl methyl sites for hydroxylation is 2. The van der Waals surface area contributed by atoms with Gasteiger partial charge in [-0.15, -0.1) is 0 Å². The molecule has 0 saturated heterocycles. The quantitative estimate of drug-likeness (QED) is 0.881. The fourth-order valence-corrected chi connectivity index (χ4v) is 1.89. The molecule has 112 valence electrons. The smallest absolute Gasteiger partial charge is 0.335 e. The number of hydrogen-bond donors (Lipinski definition) is 1. The third-order valence-corrected chi connectivity index (χ3v) is 3.04. The molecule has 0 unspecified atom stereocenters. The maximum absolute atomic E-state index is 11.0. The molecular weight excluding hydrogens is 274 g/mol. The Balaban J connectivity index is 2.21. The van der Waals surface area contributed by atoms with E-state index >= 15 is 0 Å². The van der Waals surface area contributed by atoms with E-state index < -0.39 is 5.97 Å². The van der Waals surface area contributed by atoms with E-state index in [0.717, 1.165) is 11.3 Å². The molecule has 21 heavy (non-hydrogen) atoms. The summed E-state index contributed by atoms with van der Waals surface area (Å²) in [4.78, 5) is 11.0. The van der Waals surface area contributed by atoms with E-state index in [9.17, 15) is 4.79 Å². The molecule has 0 radical (unpaired) electrons.